The Morgan fingerprint density at radius 3 is 1.90 bits per heavy atom. The lowest BCUT2D eigenvalue weighted by atomic mass is 9.93. The lowest BCUT2D eigenvalue weighted by Crippen LogP contribution is -2.93. The molecule has 0 radical (unpaired) electrons. The van der Waals surface area contributed by atoms with Crippen molar-refractivity contribution >= 4 is 5.91 Å². The molecule has 0 saturated carbocycles. The smallest absolute Gasteiger partial charge is 0.277 e. The van der Waals surface area contributed by atoms with E-state index >= 15 is 0 Å². The van der Waals surface area contributed by atoms with Crippen molar-refractivity contribution in [3.8, 4) is 0 Å². The van der Waals surface area contributed by atoms with Gasteiger partial charge in [-0.1, -0.05) is 52.0 Å². The second kappa shape index (κ2) is 7.44. The van der Waals surface area contributed by atoms with E-state index in [1.807, 2.05) is 6.92 Å². The van der Waals surface area contributed by atoms with Crippen molar-refractivity contribution in [2.75, 3.05) is 7.05 Å². The lowest BCUT2D eigenvalue weighted by molar-refractivity contribution is -0.719. The van der Waals surface area contributed by atoms with Crippen LogP contribution in [0.1, 0.15) is 57.7 Å². The van der Waals surface area contributed by atoms with Gasteiger partial charge in [0.05, 0.1) is 0 Å². The van der Waals surface area contributed by atoms with Crippen LogP contribution in [0.15, 0.2) is 24.3 Å². The zero-order valence-corrected chi connectivity index (χ0v) is 13.6. The second-order valence-electron chi connectivity index (χ2n) is 6.19. The number of nitrogens with two attached hydrogens (primary N) is 1. The summed E-state index contributed by atoms with van der Waals surface area (Å²) in [6.45, 7) is 10.8. The van der Waals surface area contributed by atoms with Crippen LogP contribution in [-0.4, -0.2) is 19.0 Å². The quantitative estimate of drug-likeness (QED) is 0.823. The molecule has 2 atom stereocenters. The maximum Gasteiger partial charge on any atom is 0.277 e. The van der Waals surface area contributed by atoms with Gasteiger partial charge in [-0.05, 0) is 18.4 Å². The molecule has 1 aromatic rings. The Morgan fingerprint density at radius 1 is 1.00 bits per heavy atom. The summed E-state index contributed by atoms with van der Waals surface area (Å²) in [5, 5.41) is 4.87. The minimum absolute atomic E-state index is 0.0721. The van der Waals surface area contributed by atoms with Gasteiger partial charge in [0, 0.05) is 18.5 Å². The first-order chi connectivity index (χ1) is 9.36. The zero-order valence-electron chi connectivity index (χ0n) is 13.6. The maximum atomic E-state index is 11.7. The summed E-state index contributed by atoms with van der Waals surface area (Å²) in [6.07, 6.45) is 0. The average Bonchev–Trinajstić information content (AvgIpc) is 2.43. The van der Waals surface area contributed by atoms with Gasteiger partial charge in [-0.25, -0.2) is 0 Å². The molecule has 0 unspecified atom stereocenters. The Labute approximate surface area is 123 Å². The van der Waals surface area contributed by atoms with Crippen LogP contribution < -0.4 is 10.6 Å². The molecule has 0 aliphatic heterocycles. The van der Waals surface area contributed by atoms with Crippen molar-refractivity contribution in [3.63, 3.8) is 0 Å². The molecule has 1 amide bonds. The zero-order chi connectivity index (χ0) is 15.3. The highest BCUT2D eigenvalue weighted by molar-refractivity contribution is 5.79. The Bertz CT molecular complexity index is 423. The number of carbonyl (C=O) groups is 1. The third-order valence-corrected chi connectivity index (χ3v) is 3.86. The Hall–Kier alpha value is -1.35. The van der Waals surface area contributed by atoms with Gasteiger partial charge in [0.1, 0.15) is 6.04 Å². The molecule has 1 aromatic carbocycles. The van der Waals surface area contributed by atoms with E-state index in [4.69, 9.17) is 0 Å². The second-order valence-corrected chi connectivity index (χ2v) is 6.19. The SMILES string of the molecule is CNC(=O)[C@H](C)[NH2+][C@H](c1ccc(C(C)C)cc1)C(C)C. The minimum atomic E-state index is -0.0721. The van der Waals surface area contributed by atoms with Crippen LogP contribution in [0.25, 0.3) is 0 Å². The van der Waals surface area contributed by atoms with Gasteiger partial charge in [-0.3, -0.25) is 4.79 Å². The number of hydrogen-bond donors (Lipinski definition) is 2. The minimum Gasteiger partial charge on any atom is -0.354 e. The first-order valence-electron chi connectivity index (χ1n) is 7.53. The fourth-order valence-electron chi connectivity index (χ4n) is 2.45. The predicted octanol–water partition coefficient (Wildman–Crippen LogP) is 2.21. The predicted molar refractivity (Wildman–Crippen MR) is 83.6 cm³/mol. The van der Waals surface area contributed by atoms with Gasteiger partial charge < -0.3 is 10.6 Å². The molecule has 0 fully saturated rings. The summed E-state index contributed by atoms with van der Waals surface area (Å²) in [5.41, 5.74) is 2.65. The monoisotopic (exact) mass is 277 g/mol. The van der Waals surface area contributed by atoms with Gasteiger partial charge in [0.2, 0.25) is 0 Å². The van der Waals surface area contributed by atoms with E-state index in [0.29, 0.717) is 17.9 Å². The van der Waals surface area contributed by atoms with E-state index in [9.17, 15) is 4.79 Å². The molecule has 0 aliphatic carbocycles. The first kappa shape index (κ1) is 16.7. The molecule has 0 heterocycles. The molecule has 20 heavy (non-hydrogen) atoms. The van der Waals surface area contributed by atoms with Crippen LogP contribution >= 0.6 is 0 Å². The van der Waals surface area contributed by atoms with Crippen LogP contribution in [0.2, 0.25) is 0 Å². The van der Waals surface area contributed by atoms with E-state index < -0.39 is 0 Å². The van der Waals surface area contributed by atoms with Crippen molar-refractivity contribution < 1.29 is 10.1 Å². The molecule has 3 nitrogen and oxygen atoms in total. The Morgan fingerprint density at radius 2 is 1.50 bits per heavy atom. The van der Waals surface area contributed by atoms with E-state index in [1.54, 1.807) is 7.05 Å². The molecule has 0 aliphatic rings. The lowest BCUT2D eigenvalue weighted by Gasteiger charge is -2.23. The van der Waals surface area contributed by atoms with E-state index in [2.05, 4.69) is 62.6 Å². The van der Waals surface area contributed by atoms with Crippen molar-refractivity contribution in [2.45, 2.75) is 52.6 Å². The normalized spacial score (nSPS) is 14.4. The molecular weight excluding hydrogens is 248 g/mol. The third-order valence-electron chi connectivity index (χ3n) is 3.86. The number of nitrogens with one attached hydrogen (secondary N) is 1. The van der Waals surface area contributed by atoms with Gasteiger partial charge in [0.15, 0.2) is 6.04 Å². The van der Waals surface area contributed by atoms with Crippen LogP contribution in [0.3, 0.4) is 0 Å². The van der Waals surface area contributed by atoms with Gasteiger partial charge in [-0.15, -0.1) is 0 Å². The molecule has 0 bridgehead atoms. The third kappa shape index (κ3) is 4.34. The van der Waals surface area contributed by atoms with Crippen LogP contribution in [0.5, 0.6) is 0 Å². The standard InChI is InChI=1S/C17H28N2O/c1-11(2)14-7-9-15(10-8-14)16(12(3)4)19-13(5)17(20)18-6/h7-13,16,19H,1-6H3,(H,18,20)/p+1/t13-,16-/m0/s1. The maximum absolute atomic E-state index is 11.7. The van der Waals surface area contributed by atoms with Crippen molar-refractivity contribution in [3.05, 3.63) is 35.4 Å². The van der Waals surface area contributed by atoms with Gasteiger partial charge >= 0.3 is 0 Å². The summed E-state index contributed by atoms with van der Waals surface area (Å²) in [5.74, 6) is 1.11. The number of rotatable bonds is 6. The van der Waals surface area contributed by atoms with Gasteiger partial charge in [0.25, 0.3) is 5.91 Å². The van der Waals surface area contributed by atoms with Crippen molar-refractivity contribution in [1.82, 2.24) is 5.32 Å². The van der Waals surface area contributed by atoms with E-state index in [-0.39, 0.29) is 11.9 Å². The fourth-order valence-corrected chi connectivity index (χ4v) is 2.45. The Kier molecular flexibility index (Phi) is 6.21. The summed E-state index contributed by atoms with van der Waals surface area (Å²) in [7, 11) is 1.69. The summed E-state index contributed by atoms with van der Waals surface area (Å²) in [4.78, 5) is 11.7. The molecule has 0 spiro atoms. The first-order valence-corrected chi connectivity index (χ1v) is 7.53. The van der Waals surface area contributed by atoms with Crippen LogP contribution in [0, 0.1) is 5.92 Å². The number of benzene rings is 1. The number of likely N-dealkylation sites (N-methyl/N-ethyl adjacent to an activating group) is 1. The molecule has 112 valence electrons. The molecule has 0 saturated heterocycles. The average molecular weight is 277 g/mol. The van der Waals surface area contributed by atoms with Crippen LogP contribution in [0.4, 0.5) is 0 Å². The number of amides is 1. The topological polar surface area (TPSA) is 45.7 Å². The summed E-state index contributed by atoms with van der Waals surface area (Å²) in [6, 6.07) is 9.04. The largest absolute Gasteiger partial charge is 0.354 e. The molecule has 0 aromatic heterocycles. The van der Waals surface area contributed by atoms with Crippen molar-refractivity contribution in [2.24, 2.45) is 5.92 Å². The van der Waals surface area contributed by atoms with E-state index in [0.717, 1.165) is 0 Å². The Balaban J connectivity index is 2.88. The molecule has 3 N–H and O–H groups in total. The number of hydrogen-bond acceptors (Lipinski definition) is 1. The van der Waals surface area contributed by atoms with Gasteiger partial charge in [-0.2, -0.15) is 0 Å². The molecular formula is C17H29N2O+. The molecule has 1 rings (SSSR count). The number of quaternary nitrogens is 1. The van der Waals surface area contributed by atoms with Crippen molar-refractivity contribution in [1.29, 1.82) is 0 Å². The molecule has 3 heteroatoms. The number of carbonyl (C=O) groups excluding carboxylic acids is 1. The highest BCUT2D eigenvalue weighted by Gasteiger charge is 2.25. The fraction of sp³-hybridized carbons (Fsp3) is 0.588. The van der Waals surface area contributed by atoms with Crippen LogP contribution in [-0.2, 0) is 4.79 Å². The summed E-state index contributed by atoms with van der Waals surface area (Å²) >= 11 is 0. The summed E-state index contributed by atoms with van der Waals surface area (Å²) < 4.78 is 0. The van der Waals surface area contributed by atoms with E-state index in [1.165, 1.54) is 11.1 Å². The highest BCUT2D eigenvalue weighted by atomic mass is 16.2. The highest BCUT2D eigenvalue weighted by Crippen LogP contribution is 2.21.